The third kappa shape index (κ3) is 5.85. The zero-order chi connectivity index (χ0) is 12.5. The summed E-state index contributed by atoms with van der Waals surface area (Å²) in [6, 6.07) is 0. The maximum atomic E-state index is 11.4. The van der Waals surface area contributed by atoms with Crippen LogP contribution in [0.3, 0.4) is 0 Å². The Morgan fingerprint density at radius 3 is 2.71 bits per heavy atom. The average Bonchev–Trinajstić information content (AvgIpc) is 2.70. The predicted octanol–water partition coefficient (Wildman–Crippen LogP) is 3.26. The van der Waals surface area contributed by atoms with Crippen molar-refractivity contribution in [1.82, 2.24) is 0 Å². The van der Waals surface area contributed by atoms with Gasteiger partial charge in [-0.3, -0.25) is 9.59 Å². The summed E-state index contributed by atoms with van der Waals surface area (Å²) >= 11 is 0. The topological polar surface area (TPSA) is 43.4 Å². The first-order valence-corrected chi connectivity index (χ1v) is 6.92. The lowest BCUT2D eigenvalue weighted by Gasteiger charge is -2.07. The second kappa shape index (κ2) is 8.26. The molecule has 1 saturated carbocycles. The van der Waals surface area contributed by atoms with E-state index < -0.39 is 0 Å². The van der Waals surface area contributed by atoms with Crippen LogP contribution in [0, 0.1) is 5.92 Å². The van der Waals surface area contributed by atoms with Crippen LogP contribution in [0.4, 0.5) is 0 Å². The SMILES string of the molecule is CCOC(=O)CCCCCC[C@H]1CCCC1=O. The molecule has 98 valence electrons. The van der Waals surface area contributed by atoms with Crippen LogP contribution in [0.15, 0.2) is 0 Å². The molecule has 1 fully saturated rings. The van der Waals surface area contributed by atoms with Crippen molar-refractivity contribution in [2.24, 2.45) is 5.92 Å². The summed E-state index contributed by atoms with van der Waals surface area (Å²) in [6.45, 7) is 2.30. The largest absolute Gasteiger partial charge is 0.466 e. The van der Waals surface area contributed by atoms with Crippen molar-refractivity contribution in [3.05, 3.63) is 0 Å². The molecular weight excluding hydrogens is 216 g/mol. The molecule has 0 aromatic carbocycles. The Labute approximate surface area is 104 Å². The summed E-state index contributed by atoms with van der Waals surface area (Å²) < 4.78 is 4.86. The Morgan fingerprint density at radius 1 is 1.29 bits per heavy atom. The van der Waals surface area contributed by atoms with Crippen molar-refractivity contribution in [1.29, 1.82) is 0 Å². The Balaban J connectivity index is 1.91. The minimum absolute atomic E-state index is 0.0847. The Kier molecular flexibility index (Phi) is 6.90. The molecule has 0 spiro atoms. The van der Waals surface area contributed by atoms with Crippen LogP contribution in [-0.4, -0.2) is 18.4 Å². The van der Waals surface area contributed by atoms with Crippen LogP contribution in [0.25, 0.3) is 0 Å². The number of unbranched alkanes of at least 4 members (excludes halogenated alkanes) is 3. The van der Waals surface area contributed by atoms with Gasteiger partial charge in [0.25, 0.3) is 0 Å². The number of ketones is 1. The van der Waals surface area contributed by atoms with Gasteiger partial charge < -0.3 is 4.74 Å². The molecule has 1 atom stereocenters. The number of rotatable bonds is 8. The Morgan fingerprint density at radius 2 is 2.06 bits per heavy atom. The lowest BCUT2D eigenvalue weighted by molar-refractivity contribution is -0.143. The molecule has 0 aromatic heterocycles. The van der Waals surface area contributed by atoms with Gasteiger partial charge in [-0.2, -0.15) is 0 Å². The minimum atomic E-state index is -0.0847. The van der Waals surface area contributed by atoms with E-state index in [2.05, 4.69) is 0 Å². The van der Waals surface area contributed by atoms with E-state index in [9.17, 15) is 9.59 Å². The van der Waals surface area contributed by atoms with E-state index in [4.69, 9.17) is 4.74 Å². The Bertz CT molecular complexity index is 248. The van der Waals surface area contributed by atoms with Gasteiger partial charge in [0.15, 0.2) is 0 Å². The van der Waals surface area contributed by atoms with Gasteiger partial charge in [0.2, 0.25) is 0 Å². The maximum Gasteiger partial charge on any atom is 0.305 e. The van der Waals surface area contributed by atoms with Gasteiger partial charge >= 0.3 is 5.97 Å². The number of esters is 1. The maximum absolute atomic E-state index is 11.4. The lowest BCUT2D eigenvalue weighted by atomic mass is 9.98. The number of carbonyl (C=O) groups excluding carboxylic acids is 2. The highest BCUT2D eigenvalue weighted by Crippen LogP contribution is 2.26. The molecule has 0 aromatic rings. The van der Waals surface area contributed by atoms with Gasteiger partial charge in [-0.15, -0.1) is 0 Å². The molecule has 1 rings (SSSR count). The molecule has 0 heterocycles. The molecule has 0 bridgehead atoms. The van der Waals surface area contributed by atoms with Crippen molar-refractivity contribution in [2.75, 3.05) is 6.61 Å². The summed E-state index contributed by atoms with van der Waals surface area (Å²) in [5.74, 6) is 0.732. The van der Waals surface area contributed by atoms with Crippen molar-refractivity contribution in [3.8, 4) is 0 Å². The first-order valence-electron chi connectivity index (χ1n) is 6.92. The fourth-order valence-electron chi connectivity index (χ4n) is 2.44. The molecule has 3 heteroatoms. The zero-order valence-corrected chi connectivity index (χ0v) is 10.9. The number of carbonyl (C=O) groups is 2. The van der Waals surface area contributed by atoms with E-state index >= 15 is 0 Å². The molecule has 1 aliphatic carbocycles. The second-order valence-electron chi connectivity index (χ2n) is 4.81. The van der Waals surface area contributed by atoms with E-state index in [1.165, 1.54) is 0 Å². The number of Topliss-reactive ketones (excluding diaryl/α,β-unsaturated/α-hetero) is 1. The standard InChI is InChI=1S/C14H24O3/c1-2-17-14(16)11-6-4-3-5-8-12-9-7-10-13(12)15/h12H,2-11H2,1H3/t12-/m0/s1. The van der Waals surface area contributed by atoms with Gasteiger partial charge in [-0.25, -0.2) is 0 Å². The highest BCUT2D eigenvalue weighted by Gasteiger charge is 2.23. The fraction of sp³-hybridized carbons (Fsp3) is 0.857. The Hall–Kier alpha value is -0.860. The van der Waals surface area contributed by atoms with Crippen LogP contribution >= 0.6 is 0 Å². The van der Waals surface area contributed by atoms with Crippen LogP contribution in [-0.2, 0) is 14.3 Å². The summed E-state index contributed by atoms with van der Waals surface area (Å²) in [4.78, 5) is 22.5. The van der Waals surface area contributed by atoms with Crippen molar-refractivity contribution in [2.45, 2.75) is 64.7 Å². The quantitative estimate of drug-likeness (QED) is 0.483. The van der Waals surface area contributed by atoms with Gasteiger partial charge in [-0.05, 0) is 32.6 Å². The molecular formula is C14H24O3. The van der Waals surface area contributed by atoms with Crippen LogP contribution in [0.5, 0.6) is 0 Å². The first-order chi connectivity index (χ1) is 8.24. The summed E-state index contributed by atoms with van der Waals surface area (Å²) in [6.07, 6.45) is 8.82. The van der Waals surface area contributed by atoms with Crippen LogP contribution in [0.2, 0.25) is 0 Å². The molecule has 1 aliphatic rings. The van der Waals surface area contributed by atoms with Crippen LogP contribution in [0.1, 0.15) is 64.7 Å². The van der Waals surface area contributed by atoms with Gasteiger partial charge in [0, 0.05) is 18.8 Å². The summed E-state index contributed by atoms with van der Waals surface area (Å²) in [5, 5.41) is 0. The van der Waals surface area contributed by atoms with Crippen molar-refractivity contribution < 1.29 is 14.3 Å². The van der Waals surface area contributed by atoms with E-state index in [1.807, 2.05) is 6.92 Å². The first kappa shape index (κ1) is 14.2. The minimum Gasteiger partial charge on any atom is -0.466 e. The molecule has 0 aliphatic heterocycles. The van der Waals surface area contributed by atoms with Crippen LogP contribution < -0.4 is 0 Å². The van der Waals surface area contributed by atoms with E-state index in [0.717, 1.165) is 51.4 Å². The fourth-order valence-corrected chi connectivity index (χ4v) is 2.44. The molecule has 0 radical (unpaired) electrons. The predicted molar refractivity (Wildman–Crippen MR) is 66.7 cm³/mol. The number of hydrogen-bond acceptors (Lipinski definition) is 3. The normalized spacial score (nSPS) is 19.6. The van der Waals surface area contributed by atoms with E-state index in [0.29, 0.717) is 24.7 Å². The number of ether oxygens (including phenoxy) is 1. The highest BCUT2D eigenvalue weighted by atomic mass is 16.5. The molecule has 0 N–H and O–H groups in total. The van der Waals surface area contributed by atoms with Gasteiger partial charge in [-0.1, -0.05) is 19.3 Å². The number of hydrogen-bond donors (Lipinski definition) is 0. The lowest BCUT2D eigenvalue weighted by Crippen LogP contribution is -2.06. The molecule has 0 saturated heterocycles. The average molecular weight is 240 g/mol. The molecule has 3 nitrogen and oxygen atoms in total. The highest BCUT2D eigenvalue weighted by molar-refractivity contribution is 5.82. The van der Waals surface area contributed by atoms with Crippen molar-refractivity contribution >= 4 is 11.8 Å². The van der Waals surface area contributed by atoms with E-state index in [-0.39, 0.29) is 5.97 Å². The molecule has 0 unspecified atom stereocenters. The third-order valence-electron chi connectivity index (χ3n) is 3.42. The van der Waals surface area contributed by atoms with Gasteiger partial charge in [0.05, 0.1) is 6.61 Å². The van der Waals surface area contributed by atoms with Crippen molar-refractivity contribution in [3.63, 3.8) is 0 Å². The molecule has 17 heavy (non-hydrogen) atoms. The molecule has 0 amide bonds. The monoisotopic (exact) mass is 240 g/mol. The third-order valence-corrected chi connectivity index (χ3v) is 3.42. The summed E-state index contributed by atoms with van der Waals surface area (Å²) in [7, 11) is 0. The zero-order valence-electron chi connectivity index (χ0n) is 10.9. The second-order valence-corrected chi connectivity index (χ2v) is 4.81. The smallest absolute Gasteiger partial charge is 0.305 e. The van der Waals surface area contributed by atoms with Gasteiger partial charge in [0.1, 0.15) is 5.78 Å². The van der Waals surface area contributed by atoms with E-state index in [1.54, 1.807) is 0 Å². The summed E-state index contributed by atoms with van der Waals surface area (Å²) in [5.41, 5.74) is 0.